The van der Waals surface area contributed by atoms with Gasteiger partial charge >= 0.3 is 12.2 Å². The molecular weight excluding hydrogens is 1050 g/mol. The predicted octanol–water partition coefficient (Wildman–Crippen LogP) is 10.1. The molecule has 8 aromatic rings. The number of nitrogens with zero attached hydrogens (tertiary/aromatic N) is 4. The number of amides is 4. The number of likely N-dealkylation sites (N-methyl/N-ethyl adjacent to an activating group) is 2. The molecule has 0 atom stereocenters. The van der Waals surface area contributed by atoms with E-state index in [-0.39, 0.29) is 51.0 Å². The summed E-state index contributed by atoms with van der Waals surface area (Å²) in [5.41, 5.74) is 14.4. The van der Waals surface area contributed by atoms with Crippen LogP contribution < -0.4 is 22.1 Å². The zero-order valence-electron chi connectivity index (χ0n) is 43.9. The summed E-state index contributed by atoms with van der Waals surface area (Å²) in [6.07, 6.45) is 1.55. The van der Waals surface area contributed by atoms with Crippen molar-refractivity contribution in [3.63, 3.8) is 0 Å². The molecule has 2 aromatic heterocycles. The molecule has 4 amide bonds. The maximum Gasteiger partial charge on any atom is 0.410 e. The third kappa shape index (κ3) is 13.2. The fraction of sp³-hybridized carbons (Fsp3) is 0.214. The van der Waals surface area contributed by atoms with Crippen molar-refractivity contribution in [2.75, 3.05) is 49.3 Å². The lowest BCUT2D eigenvalue weighted by Gasteiger charge is -2.24. The van der Waals surface area contributed by atoms with Crippen LogP contribution in [0.3, 0.4) is 0 Å². The highest BCUT2D eigenvalue weighted by Crippen LogP contribution is 2.38. The van der Waals surface area contributed by atoms with Crippen LogP contribution >= 0.6 is 0 Å². The molecular formula is C56H58F2N8O10S2. The summed E-state index contributed by atoms with van der Waals surface area (Å²) in [5.74, 6) is -2.16. The normalized spacial score (nSPS) is 11.8. The second-order valence-electron chi connectivity index (χ2n) is 20.0. The third-order valence-electron chi connectivity index (χ3n) is 11.5. The molecule has 0 unspecified atom stereocenters. The Balaban J connectivity index is 0.000000226. The molecule has 0 aliphatic rings. The SMILES string of the molecule is CN(CC(=O)Nc1cc(-c2cn(S(=O)(=O)c3ccccc3)c3cc(F)ccc23)ccc1N)C(=O)OC(C)(C)C.CN(CC(=O)Nc1ccc(-c2cn(S(=O)(=O)c3ccccc3)c3cc(F)ccc23)cc1N)C(=O)OC(C)(C)C. The number of hydrogen-bond donors (Lipinski definition) is 4. The number of nitrogen functional groups attached to an aromatic ring is 2. The van der Waals surface area contributed by atoms with Gasteiger partial charge < -0.3 is 41.4 Å². The zero-order valence-corrected chi connectivity index (χ0v) is 45.5. The van der Waals surface area contributed by atoms with Gasteiger partial charge in [-0.15, -0.1) is 0 Å². The summed E-state index contributed by atoms with van der Waals surface area (Å²) in [6, 6.07) is 33.2. The van der Waals surface area contributed by atoms with Gasteiger partial charge in [-0.3, -0.25) is 9.59 Å². The highest BCUT2D eigenvalue weighted by atomic mass is 32.2. The number of aromatic nitrogens is 2. The van der Waals surface area contributed by atoms with Crippen LogP contribution in [0.15, 0.2) is 156 Å². The summed E-state index contributed by atoms with van der Waals surface area (Å²) in [4.78, 5) is 52.0. The lowest BCUT2D eigenvalue weighted by Crippen LogP contribution is -2.38. The fourth-order valence-electron chi connectivity index (χ4n) is 7.91. The van der Waals surface area contributed by atoms with E-state index in [1.165, 1.54) is 81.1 Å². The number of nitrogens with two attached hydrogens (primary N) is 2. The van der Waals surface area contributed by atoms with E-state index in [1.807, 2.05) is 0 Å². The highest BCUT2D eigenvalue weighted by Gasteiger charge is 2.27. The molecule has 78 heavy (non-hydrogen) atoms. The average molecular weight is 1110 g/mol. The molecule has 0 saturated heterocycles. The van der Waals surface area contributed by atoms with Crippen LogP contribution in [0.4, 0.5) is 41.1 Å². The van der Waals surface area contributed by atoms with Crippen molar-refractivity contribution < 1.29 is 54.3 Å². The van der Waals surface area contributed by atoms with E-state index in [9.17, 15) is 44.8 Å². The number of carbonyl (C=O) groups is 4. The highest BCUT2D eigenvalue weighted by molar-refractivity contribution is 7.90. The zero-order chi connectivity index (χ0) is 57.1. The van der Waals surface area contributed by atoms with Crippen molar-refractivity contribution in [1.29, 1.82) is 0 Å². The van der Waals surface area contributed by atoms with E-state index in [2.05, 4.69) is 10.6 Å². The molecule has 0 saturated carbocycles. The van der Waals surface area contributed by atoms with Gasteiger partial charge in [0.25, 0.3) is 20.0 Å². The molecule has 8 rings (SSSR count). The summed E-state index contributed by atoms with van der Waals surface area (Å²) >= 11 is 0. The van der Waals surface area contributed by atoms with Gasteiger partial charge in [0.15, 0.2) is 0 Å². The van der Waals surface area contributed by atoms with E-state index < -0.39 is 66.9 Å². The second kappa shape index (κ2) is 22.4. The molecule has 22 heteroatoms. The topological polar surface area (TPSA) is 247 Å². The minimum absolute atomic E-state index is 0.0528. The third-order valence-corrected chi connectivity index (χ3v) is 14.9. The number of ether oxygens (including phenoxy) is 2. The average Bonchev–Trinajstić information content (AvgIpc) is 3.98. The van der Waals surface area contributed by atoms with Gasteiger partial charge in [-0.1, -0.05) is 48.5 Å². The first-order chi connectivity index (χ1) is 36.5. The van der Waals surface area contributed by atoms with Crippen LogP contribution in [-0.2, 0) is 39.1 Å². The minimum atomic E-state index is -4.04. The maximum atomic E-state index is 14.2. The molecule has 6 aromatic carbocycles. The molecule has 0 fully saturated rings. The van der Waals surface area contributed by atoms with Crippen LogP contribution in [0, 0.1) is 11.6 Å². The molecule has 18 nitrogen and oxygen atoms in total. The molecule has 408 valence electrons. The van der Waals surface area contributed by atoms with Gasteiger partial charge in [0.05, 0.1) is 43.6 Å². The van der Waals surface area contributed by atoms with Gasteiger partial charge in [-0.2, -0.15) is 0 Å². The van der Waals surface area contributed by atoms with Crippen molar-refractivity contribution in [3.05, 3.63) is 157 Å². The van der Waals surface area contributed by atoms with Gasteiger partial charge in [0.1, 0.15) is 35.9 Å². The molecule has 0 aliphatic heterocycles. The van der Waals surface area contributed by atoms with E-state index in [1.54, 1.807) is 114 Å². The number of nitrogens with one attached hydrogen (secondary N) is 2. The first-order valence-corrected chi connectivity index (χ1v) is 26.9. The minimum Gasteiger partial charge on any atom is -0.444 e. The van der Waals surface area contributed by atoms with Crippen LogP contribution in [0.2, 0.25) is 0 Å². The number of halogens is 2. The summed E-state index contributed by atoms with van der Waals surface area (Å²) in [5, 5.41) is 6.35. The van der Waals surface area contributed by atoms with Crippen molar-refractivity contribution in [1.82, 2.24) is 17.7 Å². The van der Waals surface area contributed by atoms with Crippen molar-refractivity contribution in [2.45, 2.75) is 62.5 Å². The van der Waals surface area contributed by atoms with Gasteiger partial charge in [0, 0.05) is 48.4 Å². The lowest BCUT2D eigenvalue weighted by atomic mass is 10.0. The monoisotopic (exact) mass is 1100 g/mol. The van der Waals surface area contributed by atoms with Gasteiger partial charge in [0.2, 0.25) is 11.8 Å². The number of rotatable bonds is 12. The maximum absolute atomic E-state index is 14.2. The van der Waals surface area contributed by atoms with E-state index in [0.717, 1.165) is 23.8 Å². The Morgan fingerprint density at radius 3 is 1.33 bits per heavy atom. The largest absolute Gasteiger partial charge is 0.444 e. The van der Waals surface area contributed by atoms with E-state index >= 15 is 0 Å². The summed E-state index contributed by atoms with van der Waals surface area (Å²) in [6.45, 7) is 9.81. The number of anilines is 4. The van der Waals surface area contributed by atoms with Crippen molar-refractivity contribution >= 4 is 88.6 Å². The van der Waals surface area contributed by atoms with Crippen LogP contribution in [0.1, 0.15) is 41.5 Å². The standard InChI is InChI=1S/2C28H29FN4O5S/c1-28(2,3)38-27(35)32(4)17-26(34)31-24-13-10-18(14-23(24)30)22-16-33(25-15-19(29)11-12-21(22)25)39(36,37)20-8-6-5-7-9-20;1-28(2,3)38-27(35)32(4)17-26(34)31-24-14-18(10-13-23(24)30)22-16-33(25-15-19(29)11-12-21(22)25)39(36,37)20-8-6-5-7-9-20/h2*5-16H,17,30H2,1-4H3,(H,31,34). The Labute approximate surface area is 450 Å². The van der Waals surface area contributed by atoms with Crippen LogP contribution in [0.5, 0.6) is 0 Å². The van der Waals surface area contributed by atoms with Gasteiger partial charge in [-0.05, 0) is 138 Å². The number of carbonyl (C=O) groups excluding carboxylic acids is 4. The quantitative estimate of drug-likeness (QED) is 0.0835. The Morgan fingerprint density at radius 1 is 0.526 bits per heavy atom. The number of fused-ring (bicyclic) bond motifs is 2. The van der Waals surface area contributed by atoms with Crippen molar-refractivity contribution in [2.24, 2.45) is 0 Å². The fourth-order valence-corrected chi connectivity index (χ4v) is 10.7. The second-order valence-corrected chi connectivity index (χ2v) is 23.6. The molecule has 6 N–H and O–H groups in total. The Bertz CT molecular complexity index is 3820. The smallest absolute Gasteiger partial charge is 0.410 e. The molecule has 2 heterocycles. The molecule has 0 bridgehead atoms. The lowest BCUT2D eigenvalue weighted by molar-refractivity contribution is -0.117. The Kier molecular flexibility index (Phi) is 16.4. The number of benzene rings is 6. The summed E-state index contributed by atoms with van der Waals surface area (Å²) in [7, 11) is -5.16. The predicted molar refractivity (Wildman–Crippen MR) is 297 cm³/mol. The first kappa shape index (κ1) is 57.0. The van der Waals surface area contributed by atoms with Gasteiger partial charge in [-0.25, -0.2) is 43.2 Å². The van der Waals surface area contributed by atoms with Crippen LogP contribution in [0.25, 0.3) is 44.1 Å². The summed E-state index contributed by atoms with van der Waals surface area (Å²) < 4.78 is 94.7. The first-order valence-electron chi connectivity index (χ1n) is 24.0. The van der Waals surface area contributed by atoms with E-state index in [0.29, 0.717) is 38.7 Å². The van der Waals surface area contributed by atoms with Crippen molar-refractivity contribution in [3.8, 4) is 22.3 Å². The molecule has 0 spiro atoms. The molecule has 0 radical (unpaired) electrons. The van der Waals surface area contributed by atoms with Crippen LogP contribution in [-0.4, -0.2) is 97.0 Å². The molecule has 0 aliphatic carbocycles. The Morgan fingerprint density at radius 2 is 0.923 bits per heavy atom. The van der Waals surface area contributed by atoms with E-state index in [4.69, 9.17) is 20.9 Å². The Hall–Kier alpha value is -8.76. The number of hydrogen-bond acceptors (Lipinski definition) is 12.